The molecule has 0 fully saturated rings. The SMILES string of the molecule is O=C(NC(=S)c1ccccc1)NS(=O)(=O)c1ccccc1. The number of amides is 2. The zero-order chi connectivity index (χ0) is 15.3. The van der Waals surface area contributed by atoms with E-state index in [0.717, 1.165) is 0 Å². The van der Waals surface area contributed by atoms with Crippen LogP contribution in [0.15, 0.2) is 65.6 Å². The molecule has 0 saturated carbocycles. The van der Waals surface area contributed by atoms with Crippen LogP contribution in [0.4, 0.5) is 4.79 Å². The third-order valence-corrected chi connectivity index (χ3v) is 4.23. The molecule has 2 rings (SSSR count). The molecule has 7 heteroatoms. The predicted molar refractivity (Wildman–Crippen MR) is 83.4 cm³/mol. The summed E-state index contributed by atoms with van der Waals surface area (Å²) in [5.74, 6) is 0. The fourth-order valence-electron chi connectivity index (χ4n) is 1.57. The van der Waals surface area contributed by atoms with Crippen LogP contribution in [0.3, 0.4) is 0 Å². The Morgan fingerprint density at radius 3 is 2.00 bits per heavy atom. The zero-order valence-corrected chi connectivity index (χ0v) is 12.4. The first kappa shape index (κ1) is 15.1. The van der Waals surface area contributed by atoms with Gasteiger partial charge in [0, 0.05) is 5.56 Å². The third kappa shape index (κ3) is 4.11. The van der Waals surface area contributed by atoms with Crippen molar-refractivity contribution in [2.75, 3.05) is 0 Å². The molecule has 0 aliphatic heterocycles. The number of hydrogen-bond acceptors (Lipinski definition) is 4. The van der Waals surface area contributed by atoms with Gasteiger partial charge in [0.15, 0.2) is 0 Å². The van der Waals surface area contributed by atoms with E-state index in [0.29, 0.717) is 5.56 Å². The number of sulfonamides is 1. The molecule has 0 radical (unpaired) electrons. The Balaban J connectivity index is 2.04. The van der Waals surface area contributed by atoms with Crippen LogP contribution in [0.2, 0.25) is 0 Å². The molecule has 0 aliphatic carbocycles. The highest BCUT2D eigenvalue weighted by molar-refractivity contribution is 7.90. The summed E-state index contributed by atoms with van der Waals surface area (Å²) >= 11 is 5.04. The van der Waals surface area contributed by atoms with E-state index >= 15 is 0 Å². The van der Waals surface area contributed by atoms with Gasteiger partial charge in [0.05, 0.1) is 4.90 Å². The summed E-state index contributed by atoms with van der Waals surface area (Å²) in [6.07, 6.45) is 0. The standard InChI is InChI=1S/C14H12N2O3S2/c17-14(15-13(20)11-7-3-1-4-8-11)16-21(18,19)12-9-5-2-6-10-12/h1-10H,(H2,15,16,17,20). The van der Waals surface area contributed by atoms with E-state index in [2.05, 4.69) is 5.32 Å². The number of thiocarbonyl (C=S) groups is 1. The first-order chi connectivity index (χ1) is 9.99. The summed E-state index contributed by atoms with van der Waals surface area (Å²) < 4.78 is 25.8. The highest BCUT2D eigenvalue weighted by atomic mass is 32.2. The molecule has 0 saturated heterocycles. The van der Waals surface area contributed by atoms with Gasteiger partial charge in [0.1, 0.15) is 4.99 Å². The van der Waals surface area contributed by atoms with Crippen LogP contribution in [0.1, 0.15) is 5.56 Å². The molecular weight excluding hydrogens is 308 g/mol. The highest BCUT2D eigenvalue weighted by Gasteiger charge is 2.17. The van der Waals surface area contributed by atoms with Gasteiger partial charge in [-0.15, -0.1) is 0 Å². The van der Waals surface area contributed by atoms with Crippen molar-refractivity contribution >= 4 is 33.3 Å². The lowest BCUT2D eigenvalue weighted by Gasteiger charge is -2.09. The van der Waals surface area contributed by atoms with Gasteiger partial charge in [-0.3, -0.25) is 5.32 Å². The van der Waals surface area contributed by atoms with Crippen molar-refractivity contribution in [2.24, 2.45) is 0 Å². The maximum atomic E-state index is 11.9. The highest BCUT2D eigenvalue weighted by Crippen LogP contribution is 2.07. The Bertz CT molecular complexity index is 744. The van der Waals surface area contributed by atoms with Crippen molar-refractivity contribution in [1.82, 2.24) is 10.0 Å². The molecule has 2 amide bonds. The minimum absolute atomic E-state index is 0.00535. The van der Waals surface area contributed by atoms with Crippen molar-refractivity contribution < 1.29 is 13.2 Å². The molecule has 0 aromatic heterocycles. The second kappa shape index (κ2) is 6.47. The Hall–Kier alpha value is -2.25. The van der Waals surface area contributed by atoms with Crippen molar-refractivity contribution in [2.45, 2.75) is 4.90 Å². The zero-order valence-electron chi connectivity index (χ0n) is 10.8. The van der Waals surface area contributed by atoms with E-state index in [9.17, 15) is 13.2 Å². The van der Waals surface area contributed by atoms with Gasteiger partial charge in [-0.1, -0.05) is 60.7 Å². The van der Waals surface area contributed by atoms with Gasteiger partial charge in [0.25, 0.3) is 10.0 Å². The van der Waals surface area contributed by atoms with Gasteiger partial charge in [-0.25, -0.2) is 17.9 Å². The van der Waals surface area contributed by atoms with Crippen molar-refractivity contribution in [1.29, 1.82) is 0 Å². The van der Waals surface area contributed by atoms with Crippen LogP contribution in [0.25, 0.3) is 0 Å². The lowest BCUT2D eigenvalue weighted by molar-refractivity contribution is 0.250. The maximum Gasteiger partial charge on any atom is 0.333 e. The van der Waals surface area contributed by atoms with E-state index in [1.54, 1.807) is 42.5 Å². The second-order valence-electron chi connectivity index (χ2n) is 4.07. The Kier molecular flexibility index (Phi) is 4.66. The topological polar surface area (TPSA) is 75.3 Å². The molecule has 0 spiro atoms. The summed E-state index contributed by atoms with van der Waals surface area (Å²) in [5.41, 5.74) is 0.625. The van der Waals surface area contributed by atoms with Gasteiger partial charge >= 0.3 is 6.03 Å². The summed E-state index contributed by atoms with van der Waals surface area (Å²) in [4.78, 5) is 11.9. The summed E-state index contributed by atoms with van der Waals surface area (Å²) in [5, 5.41) is 2.32. The Morgan fingerprint density at radius 2 is 1.43 bits per heavy atom. The third-order valence-electron chi connectivity index (χ3n) is 2.54. The number of benzene rings is 2. The monoisotopic (exact) mass is 320 g/mol. The lowest BCUT2D eigenvalue weighted by Crippen LogP contribution is -2.42. The molecule has 2 aromatic carbocycles. The number of nitrogens with one attached hydrogen (secondary N) is 2. The molecule has 0 unspecified atom stereocenters. The van der Waals surface area contributed by atoms with Gasteiger partial charge in [0.2, 0.25) is 0 Å². The number of hydrogen-bond donors (Lipinski definition) is 2. The van der Waals surface area contributed by atoms with Crippen molar-refractivity contribution in [3.05, 3.63) is 66.2 Å². The van der Waals surface area contributed by atoms with E-state index in [1.165, 1.54) is 12.1 Å². The number of carbonyl (C=O) groups is 1. The Morgan fingerprint density at radius 1 is 0.905 bits per heavy atom. The Labute approximate surface area is 128 Å². The summed E-state index contributed by atoms with van der Waals surface area (Å²) in [6.45, 7) is 0. The van der Waals surface area contributed by atoms with Crippen LogP contribution >= 0.6 is 12.2 Å². The van der Waals surface area contributed by atoms with Crippen molar-refractivity contribution in [3.8, 4) is 0 Å². The molecule has 2 N–H and O–H groups in total. The molecule has 0 heterocycles. The molecule has 2 aromatic rings. The molecule has 0 bridgehead atoms. The van der Waals surface area contributed by atoms with Crippen LogP contribution in [-0.4, -0.2) is 19.4 Å². The van der Waals surface area contributed by atoms with Gasteiger partial charge in [-0.05, 0) is 12.1 Å². The molecule has 21 heavy (non-hydrogen) atoms. The largest absolute Gasteiger partial charge is 0.333 e. The predicted octanol–water partition coefficient (Wildman–Crippen LogP) is 2.05. The average Bonchev–Trinajstić information content (AvgIpc) is 2.48. The van der Waals surface area contributed by atoms with Gasteiger partial charge < -0.3 is 0 Å². The second-order valence-corrected chi connectivity index (χ2v) is 6.16. The molecule has 5 nitrogen and oxygen atoms in total. The number of rotatable bonds is 3. The van der Waals surface area contributed by atoms with E-state index < -0.39 is 16.1 Å². The summed E-state index contributed by atoms with van der Waals surface area (Å²) in [7, 11) is -3.91. The van der Waals surface area contributed by atoms with Crippen LogP contribution in [-0.2, 0) is 10.0 Å². The maximum absolute atomic E-state index is 11.9. The molecule has 0 aliphatic rings. The smallest absolute Gasteiger partial charge is 0.297 e. The molecule has 0 atom stereocenters. The average molecular weight is 320 g/mol. The van der Waals surface area contributed by atoms with E-state index in [1.807, 2.05) is 10.8 Å². The van der Waals surface area contributed by atoms with Crippen molar-refractivity contribution in [3.63, 3.8) is 0 Å². The fraction of sp³-hybridized carbons (Fsp3) is 0. The first-order valence-electron chi connectivity index (χ1n) is 5.97. The van der Waals surface area contributed by atoms with Crippen LogP contribution < -0.4 is 10.0 Å². The minimum atomic E-state index is -3.91. The minimum Gasteiger partial charge on any atom is -0.297 e. The number of urea groups is 1. The fourth-order valence-corrected chi connectivity index (χ4v) is 2.73. The lowest BCUT2D eigenvalue weighted by atomic mass is 10.2. The quantitative estimate of drug-likeness (QED) is 0.849. The number of carbonyl (C=O) groups excluding carboxylic acids is 1. The first-order valence-corrected chi connectivity index (χ1v) is 7.86. The van der Waals surface area contributed by atoms with E-state index in [4.69, 9.17) is 12.2 Å². The van der Waals surface area contributed by atoms with Crippen LogP contribution in [0.5, 0.6) is 0 Å². The van der Waals surface area contributed by atoms with Gasteiger partial charge in [-0.2, -0.15) is 0 Å². The van der Waals surface area contributed by atoms with Crippen LogP contribution in [0, 0.1) is 0 Å². The molecule has 108 valence electrons. The van der Waals surface area contributed by atoms with E-state index in [-0.39, 0.29) is 9.88 Å². The summed E-state index contributed by atoms with van der Waals surface area (Å²) in [6, 6.07) is 15.5. The molecular formula is C14H12N2O3S2. The normalized spacial score (nSPS) is 10.7.